The van der Waals surface area contributed by atoms with Gasteiger partial charge in [0.25, 0.3) is 0 Å². The second kappa shape index (κ2) is 10.1. The third-order valence-electron chi connectivity index (χ3n) is 5.24. The van der Waals surface area contributed by atoms with Crippen LogP contribution in [0.4, 0.5) is 15.8 Å². The summed E-state index contributed by atoms with van der Waals surface area (Å²) in [4.78, 5) is 28.1. The van der Waals surface area contributed by atoms with E-state index in [1.165, 1.54) is 14.0 Å². The Bertz CT molecular complexity index is 1050. The highest BCUT2D eigenvalue weighted by Gasteiger charge is 2.32. The number of hydrogen-bond acceptors (Lipinski definition) is 6. The summed E-state index contributed by atoms with van der Waals surface area (Å²) in [6.07, 6.45) is 0. The van der Waals surface area contributed by atoms with Gasteiger partial charge in [0.05, 0.1) is 24.7 Å². The van der Waals surface area contributed by atoms with E-state index in [1.807, 2.05) is 12.1 Å². The number of likely N-dealkylation sites (N-methyl/N-ethyl adjacent to an activating group) is 1. The maximum Gasteiger partial charge on any atom is 0.243 e. The highest BCUT2D eigenvalue weighted by atomic mass is 32.2. The predicted molar refractivity (Wildman–Crippen MR) is 119 cm³/mol. The summed E-state index contributed by atoms with van der Waals surface area (Å²) in [6.45, 7) is 3.89. The van der Waals surface area contributed by atoms with Crippen LogP contribution in [0.15, 0.2) is 53.4 Å². The number of nitrogens with zero attached hydrogens (tertiary/aromatic N) is 2. The highest BCUT2D eigenvalue weighted by Crippen LogP contribution is 2.20. The molecule has 2 amide bonds. The zero-order chi connectivity index (χ0) is 23.3. The van der Waals surface area contributed by atoms with Crippen LogP contribution in [-0.2, 0) is 24.2 Å². The number of nitrogens with one attached hydrogen (secondary N) is 1. The van der Waals surface area contributed by atoms with Gasteiger partial charge in [0.2, 0.25) is 11.8 Å². The molecular weight excluding hydrogens is 437 g/mol. The van der Waals surface area contributed by atoms with E-state index >= 15 is 0 Å². The van der Waals surface area contributed by atoms with E-state index in [0.717, 1.165) is 47.9 Å². The molecule has 32 heavy (non-hydrogen) atoms. The quantitative estimate of drug-likeness (QED) is 0.631. The van der Waals surface area contributed by atoms with Crippen LogP contribution in [0.5, 0.6) is 0 Å². The smallest absolute Gasteiger partial charge is 0.243 e. The van der Waals surface area contributed by atoms with Crippen LogP contribution in [0.25, 0.3) is 0 Å². The van der Waals surface area contributed by atoms with Gasteiger partial charge in [0, 0.05) is 31.5 Å². The summed E-state index contributed by atoms with van der Waals surface area (Å²) < 4.78 is 43.7. The van der Waals surface area contributed by atoms with Gasteiger partial charge in [-0.2, -0.15) is 0 Å². The number of sulfone groups is 1. The number of carbonyl (C=O) groups is 2. The summed E-state index contributed by atoms with van der Waals surface area (Å²) in [5.74, 6) is -1.76. The maximum absolute atomic E-state index is 13.1. The number of halogens is 1. The zero-order valence-electron chi connectivity index (χ0n) is 18.0. The average molecular weight is 464 g/mol. The van der Waals surface area contributed by atoms with E-state index in [2.05, 4.69) is 10.2 Å². The maximum atomic E-state index is 13.1. The normalized spacial score (nSPS) is 15.2. The SMILES string of the molecule is CC(C(=O)N(C)CC(=O)Nc1ccc(N2CCOCC2)cc1)S(=O)(=O)c1ccc(F)cc1. The lowest BCUT2D eigenvalue weighted by atomic mass is 10.2. The molecule has 1 saturated heterocycles. The lowest BCUT2D eigenvalue weighted by Crippen LogP contribution is -2.42. The van der Waals surface area contributed by atoms with Crippen molar-refractivity contribution in [3.05, 3.63) is 54.3 Å². The van der Waals surface area contributed by atoms with Crippen LogP contribution in [0.1, 0.15) is 6.92 Å². The Kier molecular flexibility index (Phi) is 7.47. The molecule has 1 atom stereocenters. The first kappa shape index (κ1) is 23.7. The molecule has 1 N–H and O–H groups in total. The summed E-state index contributed by atoms with van der Waals surface area (Å²) in [5, 5.41) is 1.29. The summed E-state index contributed by atoms with van der Waals surface area (Å²) >= 11 is 0. The van der Waals surface area contributed by atoms with Gasteiger partial charge in [0.15, 0.2) is 9.84 Å². The molecule has 0 spiro atoms. The number of amides is 2. The number of rotatable bonds is 7. The molecule has 10 heteroatoms. The molecular formula is C22H26FN3O5S. The van der Waals surface area contributed by atoms with Crippen molar-refractivity contribution >= 4 is 33.0 Å². The molecule has 0 aliphatic carbocycles. The van der Waals surface area contributed by atoms with E-state index in [-0.39, 0.29) is 11.4 Å². The van der Waals surface area contributed by atoms with Crippen molar-refractivity contribution < 1.29 is 27.1 Å². The Morgan fingerprint density at radius 1 is 1.09 bits per heavy atom. The fourth-order valence-electron chi connectivity index (χ4n) is 3.34. The molecule has 1 aliphatic rings. The molecule has 1 fully saturated rings. The number of hydrogen-bond donors (Lipinski definition) is 1. The third kappa shape index (κ3) is 5.63. The number of ether oxygens (including phenoxy) is 1. The van der Waals surface area contributed by atoms with E-state index < -0.39 is 32.7 Å². The first-order chi connectivity index (χ1) is 15.2. The Morgan fingerprint density at radius 2 is 1.69 bits per heavy atom. The first-order valence-corrected chi connectivity index (χ1v) is 11.7. The molecule has 0 saturated carbocycles. The Morgan fingerprint density at radius 3 is 2.28 bits per heavy atom. The van der Waals surface area contributed by atoms with Crippen LogP contribution < -0.4 is 10.2 Å². The highest BCUT2D eigenvalue weighted by molar-refractivity contribution is 7.92. The number of carbonyl (C=O) groups excluding carboxylic acids is 2. The van der Waals surface area contributed by atoms with E-state index in [0.29, 0.717) is 18.9 Å². The van der Waals surface area contributed by atoms with E-state index in [1.54, 1.807) is 12.1 Å². The first-order valence-electron chi connectivity index (χ1n) is 10.2. The molecule has 1 aliphatic heterocycles. The second-order valence-electron chi connectivity index (χ2n) is 7.53. The van der Waals surface area contributed by atoms with Crippen molar-refractivity contribution in [1.82, 2.24) is 4.90 Å². The molecule has 172 valence electrons. The van der Waals surface area contributed by atoms with Gasteiger partial charge in [-0.25, -0.2) is 12.8 Å². The Hall–Kier alpha value is -2.98. The van der Waals surface area contributed by atoms with E-state index in [4.69, 9.17) is 4.74 Å². The summed E-state index contributed by atoms with van der Waals surface area (Å²) in [7, 11) is -2.65. The number of anilines is 2. The minimum atomic E-state index is -4.01. The van der Waals surface area contributed by atoms with Crippen molar-refractivity contribution in [1.29, 1.82) is 0 Å². The van der Waals surface area contributed by atoms with Gasteiger partial charge in [-0.3, -0.25) is 9.59 Å². The molecule has 0 aromatic heterocycles. The molecule has 1 heterocycles. The van der Waals surface area contributed by atoms with Crippen molar-refractivity contribution in [2.45, 2.75) is 17.1 Å². The average Bonchev–Trinajstić information content (AvgIpc) is 2.79. The van der Waals surface area contributed by atoms with Crippen LogP contribution in [-0.4, -0.2) is 70.3 Å². The van der Waals surface area contributed by atoms with Crippen LogP contribution in [0.2, 0.25) is 0 Å². The Labute approximate surface area is 186 Å². The molecule has 0 radical (unpaired) electrons. The van der Waals surface area contributed by atoms with Crippen molar-refractivity contribution in [2.24, 2.45) is 0 Å². The summed E-state index contributed by atoms with van der Waals surface area (Å²) in [6, 6.07) is 11.6. The fourth-order valence-corrected chi connectivity index (χ4v) is 4.71. The number of morpholine rings is 1. The largest absolute Gasteiger partial charge is 0.378 e. The topological polar surface area (TPSA) is 96.0 Å². The van der Waals surface area contributed by atoms with Gasteiger partial charge in [0.1, 0.15) is 11.1 Å². The third-order valence-corrected chi connectivity index (χ3v) is 7.30. The van der Waals surface area contributed by atoms with Crippen LogP contribution in [0.3, 0.4) is 0 Å². The van der Waals surface area contributed by atoms with Gasteiger partial charge in [-0.1, -0.05) is 0 Å². The monoisotopic (exact) mass is 463 g/mol. The van der Waals surface area contributed by atoms with Crippen LogP contribution >= 0.6 is 0 Å². The zero-order valence-corrected chi connectivity index (χ0v) is 18.8. The predicted octanol–water partition coefficient (Wildman–Crippen LogP) is 1.92. The lowest BCUT2D eigenvalue weighted by Gasteiger charge is -2.29. The van der Waals surface area contributed by atoms with Crippen molar-refractivity contribution in [2.75, 3.05) is 50.1 Å². The Balaban J connectivity index is 1.57. The van der Waals surface area contributed by atoms with Gasteiger partial charge in [-0.05, 0) is 55.5 Å². The van der Waals surface area contributed by atoms with Gasteiger partial charge >= 0.3 is 0 Å². The number of benzene rings is 2. The van der Waals surface area contributed by atoms with Gasteiger partial charge < -0.3 is 19.9 Å². The van der Waals surface area contributed by atoms with Crippen molar-refractivity contribution in [3.63, 3.8) is 0 Å². The fraction of sp³-hybridized carbons (Fsp3) is 0.364. The molecule has 2 aromatic rings. The standard InChI is InChI=1S/C22H26FN3O5S/c1-16(32(29,30)20-9-3-17(23)4-10-20)22(28)25(2)15-21(27)24-18-5-7-19(8-6-18)26-11-13-31-14-12-26/h3-10,16H,11-15H2,1-2H3,(H,24,27). The molecule has 1 unspecified atom stereocenters. The second-order valence-corrected chi connectivity index (χ2v) is 9.80. The van der Waals surface area contributed by atoms with Gasteiger partial charge in [-0.15, -0.1) is 0 Å². The van der Waals surface area contributed by atoms with Crippen molar-refractivity contribution in [3.8, 4) is 0 Å². The van der Waals surface area contributed by atoms with Crippen LogP contribution in [0, 0.1) is 5.82 Å². The molecule has 8 nitrogen and oxygen atoms in total. The molecule has 2 aromatic carbocycles. The lowest BCUT2D eigenvalue weighted by molar-refractivity contribution is -0.132. The summed E-state index contributed by atoms with van der Waals surface area (Å²) in [5.41, 5.74) is 1.60. The molecule has 0 bridgehead atoms. The van der Waals surface area contributed by atoms with E-state index in [9.17, 15) is 22.4 Å². The minimum absolute atomic E-state index is 0.155. The molecule has 3 rings (SSSR count). The minimum Gasteiger partial charge on any atom is -0.378 e.